The number of hydrogen-bond acceptors (Lipinski definition) is 2. The normalized spacial score (nSPS) is 12.5. The van der Waals surface area contributed by atoms with Crippen LogP contribution >= 0.6 is 0 Å². The highest BCUT2D eigenvalue weighted by Gasteiger charge is 2.41. The third-order valence-electron chi connectivity index (χ3n) is 3.09. The van der Waals surface area contributed by atoms with Crippen LogP contribution in [0.15, 0.2) is 30.3 Å². The van der Waals surface area contributed by atoms with E-state index in [0.29, 0.717) is 12.1 Å². The van der Waals surface area contributed by atoms with E-state index in [1.54, 1.807) is 0 Å². The van der Waals surface area contributed by atoms with E-state index in [4.69, 9.17) is 11.5 Å². The molecule has 0 aliphatic rings. The van der Waals surface area contributed by atoms with Crippen LogP contribution in [-0.4, -0.2) is 0 Å². The average Bonchev–Trinajstić information content (AvgIpc) is 2.39. The third-order valence-corrected chi connectivity index (χ3v) is 3.09. The van der Waals surface area contributed by atoms with Crippen LogP contribution in [0.25, 0.3) is 11.1 Å². The van der Waals surface area contributed by atoms with Crippen molar-refractivity contribution in [3.63, 3.8) is 0 Å². The molecule has 23 heavy (non-hydrogen) atoms. The molecule has 0 saturated heterocycles. The van der Waals surface area contributed by atoms with Gasteiger partial charge in [0.2, 0.25) is 0 Å². The van der Waals surface area contributed by atoms with Crippen LogP contribution in [0.2, 0.25) is 0 Å². The van der Waals surface area contributed by atoms with Gasteiger partial charge in [-0.3, -0.25) is 0 Å². The van der Waals surface area contributed by atoms with Gasteiger partial charge in [-0.2, -0.15) is 26.3 Å². The van der Waals surface area contributed by atoms with Crippen molar-refractivity contribution < 1.29 is 30.7 Å². The lowest BCUT2D eigenvalue weighted by molar-refractivity contribution is -0.140. The lowest BCUT2D eigenvalue weighted by Gasteiger charge is -2.19. The molecule has 0 aliphatic carbocycles. The summed E-state index contributed by atoms with van der Waals surface area (Å²) in [6, 6.07) is 3.72. The van der Waals surface area contributed by atoms with Crippen LogP contribution in [0.5, 0.6) is 0 Å². The van der Waals surface area contributed by atoms with Gasteiger partial charge in [0, 0.05) is 5.69 Å². The molecule has 0 radical (unpaired) electrons. The molecule has 0 bridgehead atoms. The molecule has 0 aliphatic heterocycles. The monoisotopic (exact) mass is 338 g/mol. The van der Waals surface area contributed by atoms with Crippen LogP contribution in [0.1, 0.15) is 11.1 Å². The maximum Gasteiger partial charge on any atom is 0.419 e. The molecule has 0 unspecified atom stereocenters. The zero-order valence-corrected chi connectivity index (χ0v) is 11.2. The molecule has 2 nitrogen and oxygen atoms in total. The molecule has 0 heterocycles. The lowest BCUT2D eigenvalue weighted by atomic mass is 9.93. The number of nitrogens with two attached hydrogens (primary N) is 2. The maximum absolute atomic E-state index is 13.8. The fourth-order valence-electron chi connectivity index (χ4n) is 2.13. The Bertz CT molecular complexity index is 748. The second kappa shape index (κ2) is 5.32. The second-order valence-electron chi connectivity index (χ2n) is 4.69. The van der Waals surface area contributed by atoms with Gasteiger partial charge >= 0.3 is 12.4 Å². The Hall–Kier alpha value is -2.45. The number of benzene rings is 2. The highest BCUT2D eigenvalue weighted by atomic mass is 19.4. The molecular formula is C14H9F7N2. The summed E-state index contributed by atoms with van der Waals surface area (Å²) >= 11 is 0. The highest BCUT2D eigenvalue weighted by Crippen LogP contribution is 2.45. The van der Waals surface area contributed by atoms with Crippen molar-refractivity contribution >= 4 is 11.4 Å². The fraction of sp³-hybridized carbons (Fsp3) is 0.143. The molecule has 2 rings (SSSR count). The largest absolute Gasteiger partial charge is 0.419 e. The summed E-state index contributed by atoms with van der Waals surface area (Å²) in [6.07, 6.45) is -10.2. The molecule has 4 N–H and O–H groups in total. The molecule has 0 saturated carbocycles. The molecule has 0 atom stereocenters. The zero-order chi connectivity index (χ0) is 17.6. The van der Waals surface area contributed by atoms with Crippen molar-refractivity contribution in [3.8, 4) is 11.1 Å². The lowest BCUT2D eigenvalue weighted by Crippen LogP contribution is -2.14. The first-order chi connectivity index (χ1) is 10.4. The van der Waals surface area contributed by atoms with E-state index >= 15 is 0 Å². The van der Waals surface area contributed by atoms with Gasteiger partial charge < -0.3 is 11.5 Å². The van der Waals surface area contributed by atoms with Crippen LogP contribution < -0.4 is 11.5 Å². The van der Waals surface area contributed by atoms with Gasteiger partial charge in [0.1, 0.15) is 5.56 Å². The van der Waals surface area contributed by atoms with E-state index in [1.807, 2.05) is 0 Å². The van der Waals surface area contributed by atoms with Gasteiger partial charge in [-0.05, 0) is 29.3 Å². The van der Waals surface area contributed by atoms with E-state index in [-0.39, 0.29) is 5.69 Å². The number of rotatable bonds is 1. The molecule has 0 fully saturated rings. The number of anilines is 2. The Morgan fingerprint density at radius 1 is 0.739 bits per heavy atom. The van der Waals surface area contributed by atoms with Gasteiger partial charge in [0.25, 0.3) is 0 Å². The minimum atomic E-state index is -5.22. The Balaban J connectivity index is 2.87. The minimum absolute atomic E-state index is 0.287. The molecule has 0 amide bonds. The van der Waals surface area contributed by atoms with E-state index in [2.05, 4.69) is 0 Å². The number of alkyl halides is 6. The molecule has 0 aromatic heterocycles. The first-order valence-electron chi connectivity index (χ1n) is 6.05. The Kier molecular flexibility index (Phi) is 3.91. The summed E-state index contributed by atoms with van der Waals surface area (Å²) < 4.78 is 92.2. The van der Waals surface area contributed by atoms with Crippen LogP contribution in [0.4, 0.5) is 42.1 Å². The van der Waals surface area contributed by atoms with Crippen molar-refractivity contribution in [3.05, 3.63) is 47.3 Å². The van der Waals surface area contributed by atoms with E-state index in [1.165, 1.54) is 0 Å². The molecule has 0 spiro atoms. The van der Waals surface area contributed by atoms with Gasteiger partial charge in [0.15, 0.2) is 5.82 Å². The van der Waals surface area contributed by atoms with E-state index < -0.39 is 46.1 Å². The Morgan fingerprint density at radius 3 is 1.83 bits per heavy atom. The summed E-state index contributed by atoms with van der Waals surface area (Å²) in [7, 11) is 0. The van der Waals surface area contributed by atoms with Crippen molar-refractivity contribution in [2.24, 2.45) is 0 Å². The van der Waals surface area contributed by atoms with Crippen molar-refractivity contribution in [2.75, 3.05) is 11.5 Å². The maximum atomic E-state index is 13.8. The average molecular weight is 338 g/mol. The van der Waals surface area contributed by atoms with Gasteiger partial charge in [-0.25, -0.2) is 4.39 Å². The second-order valence-corrected chi connectivity index (χ2v) is 4.69. The summed E-state index contributed by atoms with van der Waals surface area (Å²) in [5, 5.41) is 0. The summed E-state index contributed by atoms with van der Waals surface area (Å²) in [5.41, 5.74) is 4.21. The Morgan fingerprint density at radius 2 is 1.30 bits per heavy atom. The fourth-order valence-corrected chi connectivity index (χ4v) is 2.13. The molecule has 9 heteroatoms. The number of hydrogen-bond donors (Lipinski definition) is 2. The predicted octanol–water partition coefficient (Wildman–Crippen LogP) is 4.69. The van der Waals surface area contributed by atoms with Gasteiger partial charge in [-0.1, -0.05) is 12.1 Å². The summed E-state index contributed by atoms with van der Waals surface area (Å²) in [6.45, 7) is 0. The molecule has 2 aromatic rings. The minimum Gasteiger partial charge on any atom is -0.399 e. The number of nitrogen functional groups attached to an aromatic ring is 2. The molecule has 124 valence electrons. The van der Waals surface area contributed by atoms with Gasteiger partial charge in [-0.15, -0.1) is 0 Å². The molecular weight excluding hydrogens is 329 g/mol. The van der Waals surface area contributed by atoms with E-state index in [0.717, 1.165) is 18.2 Å². The Labute approximate surface area is 125 Å². The van der Waals surface area contributed by atoms with Gasteiger partial charge in [0.05, 0.1) is 11.3 Å². The SMILES string of the molecule is Nc1ccc(-c2ccc(N)c(F)c2C(F)(F)F)c(C(F)(F)F)c1. The smallest absolute Gasteiger partial charge is 0.399 e. The quantitative estimate of drug-likeness (QED) is 0.585. The van der Waals surface area contributed by atoms with E-state index in [9.17, 15) is 30.7 Å². The zero-order valence-electron chi connectivity index (χ0n) is 11.2. The third kappa shape index (κ3) is 3.17. The van der Waals surface area contributed by atoms with Crippen LogP contribution in [0, 0.1) is 5.82 Å². The topological polar surface area (TPSA) is 52.0 Å². The standard InChI is InChI=1S/C14H9F7N2/c15-12-10(23)4-3-8(11(12)14(19,20)21)7-2-1-6(22)5-9(7)13(16,17)18/h1-5H,22-23H2. The summed E-state index contributed by atoms with van der Waals surface area (Å²) in [5.74, 6) is -1.82. The highest BCUT2D eigenvalue weighted by molar-refractivity contribution is 5.76. The molecule has 2 aromatic carbocycles. The van der Waals surface area contributed by atoms with Crippen molar-refractivity contribution in [1.82, 2.24) is 0 Å². The van der Waals surface area contributed by atoms with Crippen LogP contribution in [-0.2, 0) is 12.4 Å². The van der Waals surface area contributed by atoms with Crippen molar-refractivity contribution in [1.29, 1.82) is 0 Å². The van der Waals surface area contributed by atoms with Crippen molar-refractivity contribution in [2.45, 2.75) is 12.4 Å². The predicted molar refractivity (Wildman–Crippen MR) is 70.7 cm³/mol. The summed E-state index contributed by atoms with van der Waals surface area (Å²) in [4.78, 5) is 0. The first-order valence-corrected chi connectivity index (χ1v) is 6.05. The van der Waals surface area contributed by atoms with Crippen LogP contribution in [0.3, 0.4) is 0 Å². The first kappa shape index (κ1) is 16.9. The number of halogens is 7.